The number of carbonyl (C=O) groups is 1. The largest absolute Gasteiger partial charge is 0.334 e. The van der Waals surface area contributed by atoms with Gasteiger partial charge in [-0.1, -0.05) is 18.2 Å². The minimum atomic E-state index is 0.0960. The van der Waals surface area contributed by atoms with E-state index in [1.54, 1.807) is 12.4 Å². The molecule has 0 saturated heterocycles. The number of benzene rings is 1. The highest BCUT2D eigenvalue weighted by Crippen LogP contribution is 2.31. The lowest BCUT2D eigenvalue weighted by atomic mass is 9.90. The maximum Gasteiger partial charge on any atom is 0.254 e. The third-order valence-corrected chi connectivity index (χ3v) is 3.54. The summed E-state index contributed by atoms with van der Waals surface area (Å²) in [4.78, 5) is 18.2. The van der Waals surface area contributed by atoms with Crippen molar-refractivity contribution in [2.75, 3.05) is 7.05 Å². The molecule has 0 saturated carbocycles. The Bertz CT molecular complexity index is 580. The molecule has 0 bridgehead atoms. The van der Waals surface area contributed by atoms with Gasteiger partial charge in [0.15, 0.2) is 0 Å². The van der Waals surface area contributed by atoms with Crippen molar-refractivity contribution in [1.82, 2.24) is 9.88 Å². The third kappa shape index (κ3) is 1.68. The number of carbonyl (C=O) groups excluding carboxylic acids is 1. The van der Waals surface area contributed by atoms with Crippen LogP contribution in [0.25, 0.3) is 0 Å². The van der Waals surface area contributed by atoms with Gasteiger partial charge in [-0.05, 0) is 35.7 Å². The number of hydrogen-bond acceptors (Lipinski definition) is 2. The van der Waals surface area contributed by atoms with Gasteiger partial charge in [-0.2, -0.15) is 0 Å². The Morgan fingerprint density at radius 2 is 1.89 bits per heavy atom. The minimum absolute atomic E-state index is 0.0960. The van der Waals surface area contributed by atoms with E-state index in [0.717, 1.165) is 23.1 Å². The highest BCUT2D eigenvalue weighted by Gasteiger charge is 2.30. The van der Waals surface area contributed by atoms with Crippen LogP contribution in [-0.4, -0.2) is 22.8 Å². The van der Waals surface area contributed by atoms with Gasteiger partial charge in [-0.25, -0.2) is 0 Å². The number of nitrogens with zero attached hydrogens (tertiary/aromatic N) is 2. The molecule has 0 N–H and O–H groups in total. The van der Waals surface area contributed by atoms with Gasteiger partial charge in [0.2, 0.25) is 0 Å². The van der Waals surface area contributed by atoms with Crippen molar-refractivity contribution in [3.8, 4) is 0 Å². The van der Waals surface area contributed by atoms with Crippen LogP contribution in [-0.2, 0) is 6.42 Å². The molecule has 2 aromatic rings. The van der Waals surface area contributed by atoms with Gasteiger partial charge in [-0.15, -0.1) is 0 Å². The summed E-state index contributed by atoms with van der Waals surface area (Å²) in [5.41, 5.74) is 3.09. The lowest BCUT2D eigenvalue weighted by Crippen LogP contribution is -2.37. The predicted octanol–water partition coefficient (Wildman–Crippen LogP) is 2.45. The Balaban J connectivity index is 2.04. The molecule has 1 atom stereocenters. The van der Waals surface area contributed by atoms with Crippen molar-refractivity contribution >= 4 is 5.91 Å². The zero-order valence-electron chi connectivity index (χ0n) is 10.2. The average molecular weight is 238 g/mol. The quantitative estimate of drug-likeness (QED) is 0.764. The maximum absolute atomic E-state index is 12.3. The number of hydrogen-bond donors (Lipinski definition) is 0. The highest BCUT2D eigenvalue weighted by atomic mass is 16.2. The fourth-order valence-corrected chi connectivity index (χ4v) is 2.51. The van der Waals surface area contributed by atoms with Crippen LogP contribution < -0.4 is 0 Å². The molecule has 1 aromatic carbocycles. The van der Waals surface area contributed by atoms with E-state index in [1.807, 2.05) is 48.3 Å². The van der Waals surface area contributed by atoms with Crippen LogP contribution in [0, 0.1) is 0 Å². The lowest BCUT2D eigenvalue weighted by molar-refractivity contribution is 0.0705. The number of likely N-dealkylation sites (N-methyl/N-ethyl adjacent to an activating group) is 1. The molecule has 18 heavy (non-hydrogen) atoms. The summed E-state index contributed by atoms with van der Waals surface area (Å²) >= 11 is 0. The fraction of sp³-hybridized carbons (Fsp3) is 0.200. The molecule has 90 valence electrons. The predicted molar refractivity (Wildman–Crippen MR) is 69.2 cm³/mol. The number of amides is 1. The summed E-state index contributed by atoms with van der Waals surface area (Å²) in [7, 11) is 1.86. The van der Waals surface area contributed by atoms with Crippen LogP contribution in [0.3, 0.4) is 0 Å². The number of pyridine rings is 1. The smallest absolute Gasteiger partial charge is 0.254 e. The first-order chi connectivity index (χ1) is 8.77. The second-order valence-corrected chi connectivity index (χ2v) is 4.57. The molecule has 3 nitrogen and oxygen atoms in total. The van der Waals surface area contributed by atoms with Crippen LogP contribution in [0.5, 0.6) is 0 Å². The Morgan fingerprint density at radius 3 is 2.67 bits per heavy atom. The maximum atomic E-state index is 12.3. The summed E-state index contributed by atoms with van der Waals surface area (Å²) in [6.07, 6.45) is 4.41. The van der Waals surface area contributed by atoms with E-state index in [-0.39, 0.29) is 11.9 Å². The van der Waals surface area contributed by atoms with Crippen molar-refractivity contribution in [1.29, 1.82) is 0 Å². The molecule has 0 aliphatic carbocycles. The monoisotopic (exact) mass is 238 g/mol. The Hall–Kier alpha value is -2.16. The molecule has 1 amide bonds. The first-order valence-electron chi connectivity index (χ1n) is 6.02. The van der Waals surface area contributed by atoms with Gasteiger partial charge in [-0.3, -0.25) is 9.78 Å². The van der Waals surface area contributed by atoms with E-state index < -0.39 is 0 Å². The van der Waals surface area contributed by atoms with Crippen LogP contribution in [0.2, 0.25) is 0 Å². The molecule has 3 heteroatoms. The van der Waals surface area contributed by atoms with Crippen molar-refractivity contribution in [2.24, 2.45) is 0 Å². The summed E-state index contributed by atoms with van der Waals surface area (Å²) in [5, 5.41) is 0. The van der Waals surface area contributed by atoms with Crippen molar-refractivity contribution < 1.29 is 4.79 Å². The molecule has 1 aliphatic rings. The summed E-state index contributed by atoms with van der Waals surface area (Å²) in [5.74, 6) is 0.0960. The van der Waals surface area contributed by atoms with E-state index in [1.165, 1.54) is 0 Å². The van der Waals surface area contributed by atoms with Crippen molar-refractivity contribution in [2.45, 2.75) is 12.5 Å². The summed E-state index contributed by atoms with van der Waals surface area (Å²) < 4.78 is 0. The van der Waals surface area contributed by atoms with Crippen LogP contribution >= 0.6 is 0 Å². The van der Waals surface area contributed by atoms with Crippen LogP contribution in [0.1, 0.15) is 27.5 Å². The lowest BCUT2D eigenvalue weighted by Gasteiger charge is -2.34. The second kappa shape index (κ2) is 4.26. The minimum Gasteiger partial charge on any atom is -0.334 e. The third-order valence-electron chi connectivity index (χ3n) is 3.54. The number of rotatable bonds is 1. The SMILES string of the molecule is CN1C(=O)c2ccccc2CC1c1ccncc1. The van der Waals surface area contributed by atoms with Crippen LogP contribution in [0.4, 0.5) is 0 Å². The van der Waals surface area contributed by atoms with E-state index >= 15 is 0 Å². The van der Waals surface area contributed by atoms with Crippen molar-refractivity contribution in [3.05, 3.63) is 65.5 Å². The number of fused-ring (bicyclic) bond motifs is 1. The first-order valence-corrected chi connectivity index (χ1v) is 6.02. The molecular weight excluding hydrogens is 224 g/mol. The molecule has 1 aliphatic heterocycles. The molecule has 0 fully saturated rings. The Kier molecular flexibility index (Phi) is 2.59. The van der Waals surface area contributed by atoms with Crippen molar-refractivity contribution in [3.63, 3.8) is 0 Å². The zero-order chi connectivity index (χ0) is 12.5. The topological polar surface area (TPSA) is 33.2 Å². The van der Waals surface area contributed by atoms with Crippen LogP contribution in [0.15, 0.2) is 48.8 Å². The van der Waals surface area contributed by atoms with E-state index in [9.17, 15) is 4.79 Å². The standard InChI is InChI=1S/C15H14N2O/c1-17-14(11-6-8-16-9-7-11)10-12-4-2-3-5-13(12)15(17)18/h2-9,14H,10H2,1H3. The normalized spacial score (nSPS) is 18.6. The van der Waals surface area contributed by atoms with E-state index in [2.05, 4.69) is 4.98 Å². The molecule has 0 spiro atoms. The summed E-state index contributed by atoms with van der Waals surface area (Å²) in [6.45, 7) is 0. The molecule has 0 radical (unpaired) electrons. The molecule has 1 aromatic heterocycles. The second-order valence-electron chi connectivity index (χ2n) is 4.57. The van der Waals surface area contributed by atoms with Gasteiger partial charge >= 0.3 is 0 Å². The Morgan fingerprint density at radius 1 is 1.17 bits per heavy atom. The molecule has 2 heterocycles. The first kappa shape index (κ1) is 11.0. The van der Waals surface area contributed by atoms with Gasteiger partial charge in [0, 0.05) is 25.0 Å². The van der Waals surface area contributed by atoms with Gasteiger partial charge in [0.05, 0.1) is 6.04 Å². The molecule has 3 rings (SSSR count). The van der Waals surface area contributed by atoms with E-state index in [0.29, 0.717) is 0 Å². The summed E-state index contributed by atoms with van der Waals surface area (Å²) in [6, 6.07) is 11.9. The molecule has 1 unspecified atom stereocenters. The Labute approximate surface area is 106 Å². The van der Waals surface area contributed by atoms with Gasteiger partial charge in [0.1, 0.15) is 0 Å². The highest BCUT2D eigenvalue weighted by molar-refractivity contribution is 5.96. The average Bonchev–Trinajstić information content (AvgIpc) is 2.44. The van der Waals surface area contributed by atoms with Gasteiger partial charge < -0.3 is 4.90 Å². The molecular formula is C15H14N2O. The zero-order valence-corrected chi connectivity index (χ0v) is 10.2. The van der Waals surface area contributed by atoms with E-state index in [4.69, 9.17) is 0 Å². The number of aromatic nitrogens is 1. The van der Waals surface area contributed by atoms with Gasteiger partial charge in [0.25, 0.3) is 5.91 Å². The fourth-order valence-electron chi connectivity index (χ4n) is 2.51.